The lowest BCUT2D eigenvalue weighted by atomic mass is 10.2. The maximum Gasteiger partial charge on any atom is 0.276 e. The van der Waals surface area contributed by atoms with Gasteiger partial charge < -0.3 is 0 Å². The van der Waals surface area contributed by atoms with Crippen LogP contribution < -0.4 is 10.3 Å². The Morgan fingerprint density at radius 1 is 1.30 bits per heavy atom. The fraction of sp³-hybridized carbons (Fsp3) is 0.312. The Balaban J connectivity index is 1.94. The summed E-state index contributed by atoms with van der Waals surface area (Å²) in [6, 6.07) is 10.9. The van der Waals surface area contributed by atoms with Gasteiger partial charge in [0.1, 0.15) is 5.69 Å². The minimum atomic E-state index is -3.64. The summed E-state index contributed by atoms with van der Waals surface area (Å²) < 4.78 is 28.9. The largest absolute Gasteiger partial charge is 0.298 e. The number of pyridine rings is 1. The van der Waals surface area contributed by atoms with Gasteiger partial charge in [-0.05, 0) is 31.0 Å². The summed E-state index contributed by atoms with van der Waals surface area (Å²) in [6.45, 7) is 3.72. The molecule has 122 valence electrons. The lowest BCUT2D eigenvalue weighted by Crippen LogP contribution is -2.28. The molecule has 0 saturated carbocycles. The molecule has 0 unspecified atom stereocenters. The Hall–Kier alpha value is -1.73. The topological polar surface area (TPSA) is 68.2 Å². The number of aryl methyl sites for hydroxylation is 1. The molecule has 2 aromatic rings. The number of thioether (sulfide) groups is 1. The number of sulfonamides is 1. The Bertz CT molecular complexity index is 890. The molecule has 1 aromatic heterocycles. The fourth-order valence-corrected chi connectivity index (χ4v) is 5.12. The summed E-state index contributed by atoms with van der Waals surface area (Å²) in [7, 11) is -3.64. The maximum absolute atomic E-state index is 12.6. The smallest absolute Gasteiger partial charge is 0.276 e. The zero-order chi connectivity index (χ0) is 16.6. The standard InChI is InChI=1S/C16H18N2O3S2/c1-11-8-14-18(12(2)9-22-14)16(19)15(11)17-23(20,21)10-13-6-4-3-5-7-13/h3-8,12,17H,9-10H2,1-2H3/t12-/m0/s1. The average molecular weight is 350 g/mol. The lowest BCUT2D eigenvalue weighted by Gasteiger charge is -2.14. The number of hydrogen-bond donors (Lipinski definition) is 1. The normalized spacial score (nSPS) is 17.0. The van der Waals surface area contributed by atoms with E-state index in [9.17, 15) is 13.2 Å². The Morgan fingerprint density at radius 3 is 2.70 bits per heavy atom. The molecule has 5 nitrogen and oxygen atoms in total. The van der Waals surface area contributed by atoms with Gasteiger partial charge in [0, 0.05) is 11.8 Å². The fourth-order valence-electron chi connectivity index (χ4n) is 2.63. The van der Waals surface area contributed by atoms with Crippen LogP contribution in [0, 0.1) is 6.92 Å². The van der Waals surface area contributed by atoms with Crippen molar-refractivity contribution in [2.24, 2.45) is 0 Å². The van der Waals surface area contributed by atoms with Crippen molar-refractivity contribution in [1.29, 1.82) is 0 Å². The highest BCUT2D eigenvalue weighted by Gasteiger charge is 2.24. The second-order valence-electron chi connectivity index (χ2n) is 5.72. The second-order valence-corrected chi connectivity index (χ2v) is 8.49. The third-order valence-electron chi connectivity index (χ3n) is 3.77. The van der Waals surface area contributed by atoms with Gasteiger partial charge in [0.05, 0.1) is 10.8 Å². The van der Waals surface area contributed by atoms with Crippen molar-refractivity contribution >= 4 is 27.5 Å². The molecule has 3 rings (SSSR count). The van der Waals surface area contributed by atoms with Crippen molar-refractivity contribution in [2.45, 2.75) is 30.7 Å². The van der Waals surface area contributed by atoms with Crippen LogP contribution >= 0.6 is 11.8 Å². The number of rotatable bonds is 4. The van der Waals surface area contributed by atoms with Crippen molar-refractivity contribution in [2.75, 3.05) is 10.5 Å². The monoisotopic (exact) mass is 350 g/mol. The van der Waals surface area contributed by atoms with Gasteiger partial charge >= 0.3 is 0 Å². The third-order valence-corrected chi connectivity index (χ3v) is 6.26. The first-order valence-electron chi connectivity index (χ1n) is 7.31. The van der Waals surface area contributed by atoms with E-state index in [2.05, 4.69) is 4.72 Å². The zero-order valence-corrected chi connectivity index (χ0v) is 14.6. The summed E-state index contributed by atoms with van der Waals surface area (Å²) >= 11 is 1.62. The molecule has 0 radical (unpaired) electrons. The molecular weight excluding hydrogens is 332 g/mol. The summed E-state index contributed by atoms with van der Waals surface area (Å²) in [5, 5.41) is 0.894. The first-order valence-corrected chi connectivity index (χ1v) is 9.94. The highest BCUT2D eigenvalue weighted by molar-refractivity contribution is 7.99. The van der Waals surface area contributed by atoms with E-state index in [1.54, 1.807) is 47.5 Å². The van der Waals surface area contributed by atoms with Gasteiger partial charge in [-0.25, -0.2) is 8.42 Å². The van der Waals surface area contributed by atoms with Crippen LogP contribution in [0.25, 0.3) is 0 Å². The van der Waals surface area contributed by atoms with E-state index < -0.39 is 10.0 Å². The van der Waals surface area contributed by atoms with E-state index in [1.807, 2.05) is 19.1 Å². The predicted molar refractivity (Wildman–Crippen MR) is 93.6 cm³/mol. The first-order chi connectivity index (χ1) is 10.9. The predicted octanol–water partition coefficient (Wildman–Crippen LogP) is 2.77. The molecule has 1 aliphatic heterocycles. The van der Waals surface area contributed by atoms with Crippen LogP contribution in [0.3, 0.4) is 0 Å². The average Bonchev–Trinajstić information content (AvgIpc) is 2.85. The number of aromatic nitrogens is 1. The number of anilines is 1. The molecule has 1 aliphatic rings. The van der Waals surface area contributed by atoms with Gasteiger partial charge in [-0.3, -0.25) is 14.1 Å². The number of benzene rings is 1. The van der Waals surface area contributed by atoms with E-state index in [1.165, 1.54) is 0 Å². The number of nitrogens with zero attached hydrogens (tertiary/aromatic N) is 1. The minimum Gasteiger partial charge on any atom is -0.298 e. The van der Waals surface area contributed by atoms with Crippen LogP contribution in [0.5, 0.6) is 0 Å². The molecule has 0 saturated heterocycles. The molecule has 23 heavy (non-hydrogen) atoms. The highest BCUT2D eigenvalue weighted by atomic mass is 32.2. The van der Waals surface area contributed by atoms with Crippen molar-refractivity contribution in [3.05, 3.63) is 57.9 Å². The molecule has 0 bridgehead atoms. The van der Waals surface area contributed by atoms with Crippen LogP contribution in [-0.4, -0.2) is 18.7 Å². The summed E-state index contributed by atoms with van der Waals surface area (Å²) in [6.07, 6.45) is 0. The van der Waals surface area contributed by atoms with E-state index in [-0.39, 0.29) is 23.0 Å². The van der Waals surface area contributed by atoms with Gasteiger partial charge in [0.2, 0.25) is 10.0 Å². The SMILES string of the molecule is Cc1cc2n(c(=O)c1NS(=O)(=O)Cc1ccccc1)[C@@H](C)CS2. The molecule has 1 atom stereocenters. The molecule has 0 spiro atoms. The molecule has 1 N–H and O–H groups in total. The lowest BCUT2D eigenvalue weighted by molar-refractivity contribution is 0.563. The third kappa shape index (κ3) is 3.30. The highest BCUT2D eigenvalue weighted by Crippen LogP contribution is 2.33. The quantitative estimate of drug-likeness (QED) is 0.921. The van der Waals surface area contributed by atoms with Crippen molar-refractivity contribution in [3.8, 4) is 0 Å². The number of hydrogen-bond acceptors (Lipinski definition) is 4. The van der Waals surface area contributed by atoms with Crippen LogP contribution in [0.15, 0.2) is 46.2 Å². The van der Waals surface area contributed by atoms with Gasteiger partial charge in [-0.2, -0.15) is 0 Å². The van der Waals surface area contributed by atoms with Crippen molar-refractivity contribution in [1.82, 2.24) is 4.57 Å². The summed E-state index contributed by atoms with van der Waals surface area (Å²) in [5.41, 5.74) is 1.22. The molecular formula is C16H18N2O3S2. The van der Waals surface area contributed by atoms with Crippen molar-refractivity contribution < 1.29 is 8.42 Å². The van der Waals surface area contributed by atoms with Crippen LogP contribution in [0.2, 0.25) is 0 Å². The van der Waals surface area contributed by atoms with Gasteiger partial charge in [0.25, 0.3) is 5.56 Å². The van der Waals surface area contributed by atoms with Crippen molar-refractivity contribution in [3.63, 3.8) is 0 Å². The molecule has 2 heterocycles. The minimum absolute atomic E-state index is 0.0699. The number of nitrogens with one attached hydrogen (secondary N) is 1. The summed E-state index contributed by atoms with van der Waals surface area (Å²) in [4.78, 5) is 12.6. The first kappa shape index (κ1) is 16.1. The van der Waals surface area contributed by atoms with Crippen LogP contribution in [0.1, 0.15) is 24.1 Å². The van der Waals surface area contributed by atoms with E-state index in [4.69, 9.17) is 0 Å². The zero-order valence-electron chi connectivity index (χ0n) is 12.9. The Kier molecular flexibility index (Phi) is 4.25. The molecule has 0 fully saturated rings. The maximum atomic E-state index is 12.6. The van der Waals surface area contributed by atoms with Gasteiger partial charge in [-0.15, -0.1) is 11.8 Å². The summed E-state index contributed by atoms with van der Waals surface area (Å²) in [5.74, 6) is 0.674. The van der Waals surface area contributed by atoms with Gasteiger partial charge in [0.15, 0.2) is 0 Å². The Morgan fingerprint density at radius 2 is 2.00 bits per heavy atom. The molecule has 0 aliphatic carbocycles. The van der Waals surface area contributed by atoms with Crippen LogP contribution in [0.4, 0.5) is 5.69 Å². The number of fused-ring (bicyclic) bond motifs is 1. The van der Waals surface area contributed by atoms with Gasteiger partial charge in [-0.1, -0.05) is 30.3 Å². The molecule has 1 aromatic carbocycles. The second kappa shape index (κ2) is 6.05. The van der Waals surface area contributed by atoms with E-state index in [0.717, 1.165) is 10.8 Å². The van der Waals surface area contributed by atoms with E-state index >= 15 is 0 Å². The van der Waals surface area contributed by atoms with Crippen LogP contribution in [-0.2, 0) is 15.8 Å². The van der Waals surface area contributed by atoms with E-state index in [0.29, 0.717) is 11.1 Å². The molecule has 0 amide bonds. The molecule has 7 heteroatoms. The Labute approximate surface area is 139 Å².